The fraction of sp³-hybridized carbons (Fsp3) is 0. The average Bonchev–Trinajstić information content (AvgIpc) is 0.717. The summed E-state index contributed by atoms with van der Waals surface area (Å²) < 4.78 is 1.12. The minimum Gasteiger partial charge on any atom is -0.423 e. The van der Waals surface area contributed by atoms with Crippen LogP contribution in [0.25, 0.3) is 187 Å². The first kappa shape index (κ1) is 66.9. The van der Waals surface area contributed by atoms with Crippen LogP contribution in [0.5, 0.6) is 0 Å². The Kier molecular flexibility index (Phi) is 18.2. The van der Waals surface area contributed by atoms with Gasteiger partial charge in [-0.25, -0.2) is 0 Å². The van der Waals surface area contributed by atoms with E-state index in [0.717, 1.165) is 15.6 Å². The molecule has 0 aromatic heterocycles. The molecule has 0 bridgehead atoms. The van der Waals surface area contributed by atoms with Crippen LogP contribution in [0.15, 0.2) is 417 Å². The van der Waals surface area contributed by atoms with Crippen LogP contribution in [0.1, 0.15) is 0 Å². The van der Waals surface area contributed by atoms with Crippen molar-refractivity contribution in [3.05, 3.63) is 417 Å². The number of halogens is 1. The molecule has 0 saturated heterocycles. The first-order valence-electron chi connectivity index (χ1n) is 36.8. The Hall–Kier alpha value is -13.1. The van der Waals surface area contributed by atoms with E-state index < -0.39 is 7.12 Å². The summed E-state index contributed by atoms with van der Waals surface area (Å²) in [6.07, 6.45) is 0. The second kappa shape index (κ2) is 29.5. The maximum Gasteiger partial charge on any atom is 0.488 e. The van der Waals surface area contributed by atoms with Crippen LogP contribution in [-0.4, -0.2) is 17.2 Å². The summed E-state index contributed by atoms with van der Waals surface area (Å²) in [6, 6.07) is 148. The van der Waals surface area contributed by atoms with Gasteiger partial charge in [0.05, 0.1) is 0 Å². The quantitative estimate of drug-likeness (QED) is 0.0945. The first-order valence-corrected chi connectivity index (χ1v) is 37.6. The van der Waals surface area contributed by atoms with Crippen LogP contribution in [0.4, 0.5) is 0 Å². The van der Waals surface area contributed by atoms with Crippen LogP contribution < -0.4 is 5.46 Å². The molecule has 0 amide bonds. The zero-order valence-corrected chi connectivity index (χ0v) is 60.7. The van der Waals surface area contributed by atoms with Crippen LogP contribution in [0, 0.1) is 0 Å². The van der Waals surface area contributed by atoms with E-state index >= 15 is 0 Å². The first-order chi connectivity index (χ1) is 53.4. The van der Waals surface area contributed by atoms with E-state index in [2.05, 4.69) is 374 Å². The summed E-state index contributed by atoms with van der Waals surface area (Å²) in [6.45, 7) is 0. The molecular formula is C104H70BBrO2. The van der Waals surface area contributed by atoms with Crippen molar-refractivity contribution in [2.24, 2.45) is 0 Å². The highest BCUT2D eigenvalue weighted by Crippen LogP contribution is 2.51. The molecule has 2 N–H and O–H groups in total. The molecule has 0 atom stereocenters. The Bertz CT molecular complexity index is 6590. The Morgan fingerprint density at radius 1 is 0.167 bits per heavy atom. The highest BCUT2D eigenvalue weighted by Gasteiger charge is 2.24. The van der Waals surface area contributed by atoms with Crippen molar-refractivity contribution >= 4 is 93.1 Å². The number of hydrogen-bond acceptors (Lipinski definition) is 2. The lowest BCUT2D eigenvalue weighted by Crippen LogP contribution is -2.29. The van der Waals surface area contributed by atoms with Gasteiger partial charge in [0.25, 0.3) is 0 Å². The molecule has 0 aliphatic rings. The Balaban J connectivity index is 0.000000130. The summed E-state index contributed by atoms with van der Waals surface area (Å²) in [5.41, 5.74) is 27.5. The molecule has 0 unspecified atom stereocenters. The average molecular weight is 1440 g/mol. The lowest BCUT2D eigenvalue weighted by atomic mass is 9.80. The molecule has 508 valence electrons. The summed E-state index contributed by atoms with van der Waals surface area (Å²) in [4.78, 5) is 0. The molecule has 20 aromatic rings. The van der Waals surface area contributed by atoms with Crippen molar-refractivity contribution in [1.82, 2.24) is 0 Å². The topological polar surface area (TPSA) is 40.5 Å². The van der Waals surface area contributed by atoms with E-state index in [4.69, 9.17) is 10.0 Å². The minimum atomic E-state index is -1.39. The van der Waals surface area contributed by atoms with Crippen LogP contribution in [0.3, 0.4) is 0 Å². The summed E-state index contributed by atoms with van der Waals surface area (Å²) >= 11 is 3.98. The Morgan fingerprint density at radius 3 is 0.778 bits per heavy atom. The molecule has 20 aromatic carbocycles. The summed E-state index contributed by atoms with van der Waals surface area (Å²) in [5, 5.41) is 33.3. The highest BCUT2D eigenvalue weighted by atomic mass is 79.9. The van der Waals surface area contributed by atoms with Crippen molar-refractivity contribution in [2.45, 2.75) is 0 Å². The van der Waals surface area contributed by atoms with Gasteiger partial charge in [0.1, 0.15) is 0 Å². The van der Waals surface area contributed by atoms with E-state index in [9.17, 15) is 0 Å². The Morgan fingerprint density at radius 2 is 0.407 bits per heavy atom. The molecule has 2 nitrogen and oxygen atoms in total. The minimum absolute atomic E-state index is 0.509. The van der Waals surface area contributed by atoms with E-state index in [1.54, 1.807) is 12.1 Å². The molecule has 20 rings (SSSR count). The van der Waals surface area contributed by atoms with Gasteiger partial charge in [-0.15, -0.1) is 0 Å². The fourth-order valence-corrected chi connectivity index (χ4v) is 16.8. The lowest BCUT2D eigenvalue weighted by Gasteiger charge is -2.21. The molecule has 4 heteroatoms. The third-order valence-corrected chi connectivity index (χ3v) is 22.0. The number of benzene rings is 20. The van der Waals surface area contributed by atoms with Gasteiger partial charge >= 0.3 is 7.12 Å². The maximum absolute atomic E-state index is 8.94. The standard InChI is InChI=1S/C52H34.C40H25Br.C12H11BO2/c1-4-14-35(15-5-1)36-24-26-39(27-25-36)49-34-50(44-23-13-11-21-42(44)38-18-8-3-9-19-38)48-31-29-40-28-30-45(46-32-33-47(49)52(48)51(40)46)43-22-12-10-20-41(43)37-16-6-2-7-17-37;41-38-25-37(32-18-10-8-16-30(32)27-13-5-2-6-14-27)35-22-20-28-19-21-33(34-23-24-36(38)40(35)39(28)34)31-17-9-7-15-29(31)26-11-3-1-4-12-26;14-13(15)12-8-6-11(7-9-12)10-4-2-1-3-5-10/h1-34H;1-25H;1-9,14-15H. The molecule has 0 heterocycles. The smallest absolute Gasteiger partial charge is 0.423 e. The molecule has 0 radical (unpaired) electrons. The second-order valence-electron chi connectivity index (χ2n) is 27.5. The van der Waals surface area contributed by atoms with Gasteiger partial charge in [0, 0.05) is 4.47 Å². The zero-order valence-electron chi connectivity index (χ0n) is 59.1. The molecule has 0 aliphatic heterocycles. The van der Waals surface area contributed by atoms with Crippen LogP contribution >= 0.6 is 15.9 Å². The molecule has 0 spiro atoms. The second-order valence-corrected chi connectivity index (χ2v) is 28.4. The van der Waals surface area contributed by atoms with E-state index in [1.807, 2.05) is 42.5 Å². The maximum atomic E-state index is 8.94. The predicted molar refractivity (Wildman–Crippen MR) is 464 cm³/mol. The molecule has 0 saturated carbocycles. The zero-order chi connectivity index (χ0) is 72.4. The van der Waals surface area contributed by atoms with Gasteiger partial charge in [-0.3, -0.25) is 0 Å². The van der Waals surface area contributed by atoms with Crippen molar-refractivity contribution < 1.29 is 10.0 Å². The monoisotopic (exact) mass is 1440 g/mol. The van der Waals surface area contributed by atoms with Gasteiger partial charge in [-0.1, -0.05) is 416 Å². The summed E-state index contributed by atoms with van der Waals surface area (Å²) in [7, 11) is -1.39. The molecular weight excluding hydrogens is 1370 g/mol. The van der Waals surface area contributed by atoms with Gasteiger partial charge in [0.15, 0.2) is 0 Å². The van der Waals surface area contributed by atoms with E-state index in [1.165, 1.54) is 176 Å². The molecule has 0 aliphatic carbocycles. The SMILES string of the molecule is Brc1cc(-c2ccccc2-c2ccccc2)c2ccc3ccc(-c4ccccc4-c4ccccc4)c4ccc1c2c34.OB(O)c1ccc(-c2ccccc2)cc1.c1ccc(-c2ccc(-c3cc(-c4ccccc4-c4ccccc4)c4ccc5ccc(-c6ccccc6-c6ccccc6)c6ccc3c4c56)cc2)cc1. The normalized spacial score (nSPS) is 11.3. The third-order valence-electron chi connectivity index (χ3n) is 21.3. The van der Waals surface area contributed by atoms with E-state index in [0.29, 0.717) is 5.46 Å². The molecule has 108 heavy (non-hydrogen) atoms. The van der Waals surface area contributed by atoms with Crippen molar-refractivity contribution in [1.29, 1.82) is 0 Å². The van der Waals surface area contributed by atoms with E-state index in [-0.39, 0.29) is 0 Å². The van der Waals surface area contributed by atoms with Crippen molar-refractivity contribution in [3.63, 3.8) is 0 Å². The Labute approximate surface area is 638 Å². The van der Waals surface area contributed by atoms with Gasteiger partial charge in [-0.2, -0.15) is 0 Å². The highest BCUT2D eigenvalue weighted by molar-refractivity contribution is 9.10. The molecule has 0 fully saturated rings. The van der Waals surface area contributed by atoms with Gasteiger partial charge in [0.2, 0.25) is 0 Å². The van der Waals surface area contributed by atoms with Crippen molar-refractivity contribution in [3.8, 4) is 122 Å². The lowest BCUT2D eigenvalue weighted by molar-refractivity contribution is 0.426. The number of rotatable bonds is 12. The van der Waals surface area contributed by atoms with Gasteiger partial charge in [-0.05, 0) is 205 Å². The number of hydrogen-bond donors (Lipinski definition) is 2. The van der Waals surface area contributed by atoms with Crippen molar-refractivity contribution in [2.75, 3.05) is 0 Å². The third kappa shape index (κ3) is 12.7. The van der Waals surface area contributed by atoms with Crippen LogP contribution in [-0.2, 0) is 0 Å². The largest absolute Gasteiger partial charge is 0.488 e. The van der Waals surface area contributed by atoms with Gasteiger partial charge < -0.3 is 10.0 Å². The summed E-state index contributed by atoms with van der Waals surface area (Å²) in [5.74, 6) is 0. The predicted octanol–water partition coefficient (Wildman–Crippen LogP) is 27.6. The van der Waals surface area contributed by atoms with Crippen LogP contribution in [0.2, 0.25) is 0 Å². The fourth-order valence-electron chi connectivity index (χ4n) is 16.2.